The number of benzene rings is 1. The fraction of sp³-hybridized carbons (Fsp3) is 0.316. The molecule has 1 aliphatic rings. The van der Waals surface area contributed by atoms with Crippen molar-refractivity contribution in [3.8, 4) is 0 Å². The SMILES string of the molecule is O=C(NCCc1nc2ccccc2s1)c1ccc(N2CCOCC2)nc1. The number of thiazole rings is 1. The minimum atomic E-state index is -0.105. The lowest BCUT2D eigenvalue weighted by molar-refractivity contribution is 0.0953. The molecule has 0 spiro atoms. The number of carbonyl (C=O) groups excluding carboxylic acids is 1. The van der Waals surface area contributed by atoms with Crippen LogP contribution in [-0.4, -0.2) is 48.7 Å². The maximum absolute atomic E-state index is 12.3. The number of nitrogens with zero attached hydrogens (tertiary/aromatic N) is 3. The second-order valence-electron chi connectivity index (χ2n) is 6.09. The largest absolute Gasteiger partial charge is 0.378 e. The van der Waals surface area contributed by atoms with Gasteiger partial charge in [-0.2, -0.15) is 0 Å². The van der Waals surface area contributed by atoms with E-state index in [1.54, 1.807) is 17.5 Å². The zero-order chi connectivity index (χ0) is 17.8. The Kier molecular flexibility index (Phi) is 5.08. The fourth-order valence-corrected chi connectivity index (χ4v) is 3.88. The van der Waals surface area contributed by atoms with Crippen LogP contribution in [0.1, 0.15) is 15.4 Å². The second kappa shape index (κ2) is 7.80. The van der Waals surface area contributed by atoms with Gasteiger partial charge in [0.15, 0.2) is 0 Å². The summed E-state index contributed by atoms with van der Waals surface area (Å²) >= 11 is 1.67. The molecule has 2 aromatic heterocycles. The Labute approximate surface area is 155 Å². The molecule has 0 saturated carbocycles. The molecule has 1 N–H and O–H groups in total. The van der Waals surface area contributed by atoms with Crippen molar-refractivity contribution in [1.29, 1.82) is 0 Å². The van der Waals surface area contributed by atoms with E-state index in [-0.39, 0.29) is 5.91 Å². The van der Waals surface area contributed by atoms with E-state index in [2.05, 4.69) is 26.3 Å². The standard InChI is InChI=1S/C19H20N4O2S/c24-19(14-5-6-17(21-13-14)23-9-11-25-12-10-23)20-8-7-18-22-15-3-1-2-4-16(15)26-18/h1-6,13H,7-12H2,(H,20,24). The van der Waals surface area contributed by atoms with E-state index < -0.39 is 0 Å². The number of hydrogen-bond acceptors (Lipinski definition) is 6. The molecule has 4 rings (SSSR count). The van der Waals surface area contributed by atoms with Crippen LogP contribution in [0.4, 0.5) is 5.82 Å². The van der Waals surface area contributed by atoms with Crippen molar-refractivity contribution in [1.82, 2.24) is 15.3 Å². The lowest BCUT2D eigenvalue weighted by Gasteiger charge is -2.27. The third kappa shape index (κ3) is 3.84. The number of nitrogens with one attached hydrogen (secondary N) is 1. The third-order valence-corrected chi connectivity index (χ3v) is 5.40. The molecule has 0 aliphatic carbocycles. The summed E-state index contributed by atoms with van der Waals surface area (Å²) in [4.78, 5) is 23.5. The van der Waals surface area contributed by atoms with Crippen molar-refractivity contribution >= 4 is 33.3 Å². The highest BCUT2D eigenvalue weighted by atomic mass is 32.1. The fourth-order valence-electron chi connectivity index (χ4n) is 2.91. The molecule has 3 heterocycles. The number of anilines is 1. The van der Waals surface area contributed by atoms with E-state index in [0.717, 1.165) is 49.1 Å². The smallest absolute Gasteiger partial charge is 0.252 e. The number of rotatable bonds is 5. The molecular formula is C19H20N4O2S. The van der Waals surface area contributed by atoms with Gasteiger partial charge in [0, 0.05) is 32.3 Å². The monoisotopic (exact) mass is 368 g/mol. The quantitative estimate of drug-likeness (QED) is 0.749. The average Bonchev–Trinajstić information content (AvgIpc) is 3.11. The highest BCUT2D eigenvalue weighted by Crippen LogP contribution is 2.21. The van der Waals surface area contributed by atoms with Gasteiger partial charge in [0.1, 0.15) is 5.82 Å². The van der Waals surface area contributed by atoms with Crippen molar-refractivity contribution in [2.45, 2.75) is 6.42 Å². The van der Waals surface area contributed by atoms with Gasteiger partial charge in [-0.25, -0.2) is 9.97 Å². The molecule has 6 nitrogen and oxygen atoms in total. The van der Waals surface area contributed by atoms with Crippen LogP contribution in [-0.2, 0) is 11.2 Å². The van der Waals surface area contributed by atoms with Crippen LogP contribution in [0.3, 0.4) is 0 Å². The maximum Gasteiger partial charge on any atom is 0.252 e. The third-order valence-electron chi connectivity index (χ3n) is 4.31. The molecule has 1 aliphatic heterocycles. The van der Waals surface area contributed by atoms with Crippen LogP contribution in [0, 0.1) is 0 Å². The summed E-state index contributed by atoms with van der Waals surface area (Å²) in [5.74, 6) is 0.784. The van der Waals surface area contributed by atoms with Crippen LogP contribution >= 0.6 is 11.3 Å². The second-order valence-corrected chi connectivity index (χ2v) is 7.20. The summed E-state index contributed by atoms with van der Waals surface area (Å²) in [5.41, 5.74) is 1.59. The molecule has 0 atom stereocenters. The number of aromatic nitrogens is 2. The first-order valence-electron chi connectivity index (χ1n) is 8.71. The normalized spacial score (nSPS) is 14.5. The Morgan fingerprint density at radius 2 is 2.04 bits per heavy atom. The highest BCUT2D eigenvalue weighted by molar-refractivity contribution is 7.18. The number of hydrogen-bond donors (Lipinski definition) is 1. The summed E-state index contributed by atoms with van der Waals surface area (Å²) in [7, 11) is 0. The summed E-state index contributed by atoms with van der Waals surface area (Å²) in [6.45, 7) is 3.66. The van der Waals surface area contributed by atoms with Gasteiger partial charge < -0.3 is 15.0 Å². The number of carbonyl (C=O) groups is 1. The van der Waals surface area contributed by atoms with Crippen molar-refractivity contribution in [3.63, 3.8) is 0 Å². The van der Waals surface area contributed by atoms with Gasteiger partial charge in [0.2, 0.25) is 0 Å². The molecule has 26 heavy (non-hydrogen) atoms. The zero-order valence-corrected chi connectivity index (χ0v) is 15.2. The Morgan fingerprint density at radius 1 is 1.19 bits per heavy atom. The van der Waals surface area contributed by atoms with E-state index >= 15 is 0 Å². The number of fused-ring (bicyclic) bond motifs is 1. The lowest BCUT2D eigenvalue weighted by Crippen LogP contribution is -2.36. The van der Waals surface area contributed by atoms with Crippen LogP contribution < -0.4 is 10.2 Å². The van der Waals surface area contributed by atoms with Gasteiger partial charge in [-0.05, 0) is 24.3 Å². The Hall–Kier alpha value is -2.51. The number of para-hydroxylation sites is 1. The predicted molar refractivity (Wildman–Crippen MR) is 103 cm³/mol. The Bertz CT molecular complexity index is 855. The molecule has 1 saturated heterocycles. The molecule has 1 fully saturated rings. The summed E-state index contributed by atoms with van der Waals surface area (Å²) in [5, 5.41) is 3.98. The minimum Gasteiger partial charge on any atom is -0.378 e. The molecule has 1 aromatic carbocycles. The molecule has 1 amide bonds. The maximum atomic E-state index is 12.3. The summed E-state index contributed by atoms with van der Waals surface area (Å²) in [6.07, 6.45) is 2.36. The van der Waals surface area contributed by atoms with Crippen LogP contribution in [0.5, 0.6) is 0 Å². The van der Waals surface area contributed by atoms with Crippen molar-refractivity contribution in [3.05, 3.63) is 53.2 Å². The van der Waals surface area contributed by atoms with Gasteiger partial charge in [-0.3, -0.25) is 4.79 Å². The van der Waals surface area contributed by atoms with E-state index in [9.17, 15) is 4.79 Å². The highest BCUT2D eigenvalue weighted by Gasteiger charge is 2.13. The van der Waals surface area contributed by atoms with Crippen molar-refractivity contribution in [2.24, 2.45) is 0 Å². The van der Waals surface area contributed by atoms with Crippen LogP contribution in [0.2, 0.25) is 0 Å². The van der Waals surface area contributed by atoms with E-state index in [4.69, 9.17) is 4.74 Å². The zero-order valence-electron chi connectivity index (χ0n) is 14.4. The molecule has 134 valence electrons. The number of amides is 1. The lowest BCUT2D eigenvalue weighted by atomic mass is 10.2. The minimum absolute atomic E-state index is 0.105. The molecule has 0 bridgehead atoms. The topological polar surface area (TPSA) is 67.4 Å². The molecule has 7 heteroatoms. The van der Waals surface area contributed by atoms with Crippen LogP contribution in [0.25, 0.3) is 10.2 Å². The van der Waals surface area contributed by atoms with Gasteiger partial charge in [0.25, 0.3) is 5.91 Å². The Balaban J connectivity index is 1.31. The molecular weight excluding hydrogens is 348 g/mol. The average molecular weight is 368 g/mol. The van der Waals surface area contributed by atoms with E-state index in [1.807, 2.05) is 30.3 Å². The molecule has 3 aromatic rings. The van der Waals surface area contributed by atoms with E-state index in [0.29, 0.717) is 12.1 Å². The van der Waals surface area contributed by atoms with Gasteiger partial charge in [-0.1, -0.05) is 12.1 Å². The summed E-state index contributed by atoms with van der Waals surface area (Å²) < 4.78 is 6.52. The summed E-state index contributed by atoms with van der Waals surface area (Å²) in [6, 6.07) is 11.8. The van der Waals surface area contributed by atoms with Gasteiger partial charge in [0.05, 0.1) is 34.0 Å². The predicted octanol–water partition coefficient (Wildman–Crippen LogP) is 2.50. The van der Waals surface area contributed by atoms with Gasteiger partial charge >= 0.3 is 0 Å². The van der Waals surface area contributed by atoms with Gasteiger partial charge in [-0.15, -0.1) is 11.3 Å². The van der Waals surface area contributed by atoms with Crippen LogP contribution in [0.15, 0.2) is 42.6 Å². The number of morpholine rings is 1. The molecule has 0 radical (unpaired) electrons. The molecule has 0 unspecified atom stereocenters. The first-order valence-corrected chi connectivity index (χ1v) is 9.53. The number of ether oxygens (including phenoxy) is 1. The first kappa shape index (κ1) is 16.9. The van der Waals surface area contributed by atoms with Crippen molar-refractivity contribution in [2.75, 3.05) is 37.7 Å². The van der Waals surface area contributed by atoms with Crippen molar-refractivity contribution < 1.29 is 9.53 Å². The Morgan fingerprint density at radius 3 is 2.81 bits per heavy atom. The number of pyridine rings is 1. The first-order chi connectivity index (χ1) is 12.8. The van der Waals surface area contributed by atoms with E-state index in [1.165, 1.54) is 4.70 Å².